The molecule has 3 aliphatic heterocycles. The molecule has 9 heteroatoms. The minimum absolute atomic E-state index is 0. The summed E-state index contributed by atoms with van der Waals surface area (Å²) in [7, 11) is 0. The first-order valence-electron chi connectivity index (χ1n) is 14.9. The number of carbonyl (C=O) groups is 1. The van der Waals surface area contributed by atoms with Gasteiger partial charge in [-0.15, -0.1) is 0 Å². The molecule has 0 unspecified atom stereocenters. The molecule has 0 bridgehead atoms. The van der Waals surface area contributed by atoms with Crippen molar-refractivity contribution in [2.75, 3.05) is 32.8 Å². The highest BCUT2D eigenvalue weighted by Gasteiger charge is 2.53. The van der Waals surface area contributed by atoms with E-state index in [4.69, 9.17) is 9.47 Å². The zero-order chi connectivity index (χ0) is 27.7. The van der Waals surface area contributed by atoms with Gasteiger partial charge in [0.05, 0.1) is 12.5 Å². The maximum absolute atomic E-state index is 14.6. The number of hydrogen-bond donors (Lipinski definition) is 1. The van der Waals surface area contributed by atoms with Crippen LogP contribution in [0.1, 0.15) is 68.4 Å². The van der Waals surface area contributed by atoms with Crippen LogP contribution in [-0.2, 0) is 10.2 Å². The van der Waals surface area contributed by atoms with E-state index in [1.807, 2.05) is 6.07 Å². The summed E-state index contributed by atoms with van der Waals surface area (Å²) in [6.07, 6.45) is 4.18. The average molecular weight is 592 g/mol. The number of rotatable bonds is 5. The summed E-state index contributed by atoms with van der Waals surface area (Å²) in [6.45, 7) is 0.857. The van der Waals surface area contributed by atoms with E-state index in [-0.39, 0.29) is 36.0 Å². The van der Waals surface area contributed by atoms with E-state index in [0.717, 1.165) is 24.9 Å². The summed E-state index contributed by atoms with van der Waals surface area (Å²) in [6, 6.07) is 16.1. The molecule has 4 aliphatic rings. The molecule has 4 atom stereocenters. The SMILES string of the molecule is O=C([C@@H]1CNC[C@]12CCOc1c(OCC(F)(F)F)cccc12)N1CC[C@@H](c2ccccc2)C[C@H]1C1CCCCC1.[Cl-]. The van der Waals surface area contributed by atoms with Gasteiger partial charge in [0.2, 0.25) is 5.91 Å². The van der Waals surface area contributed by atoms with Crippen LogP contribution in [-0.4, -0.2) is 55.9 Å². The van der Waals surface area contributed by atoms with Crippen LogP contribution < -0.4 is 27.2 Å². The summed E-state index contributed by atoms with van der Waals surface area (Å²) in [5.74, 6) is 1.29. The van der Waals surface area contributed by atoms with E-state index in [0.29, 0.717) is 43.7 Å². The van der Waals surface area contributed by atoms with Crippen LogP contribution in [0, 0.1) is 11.8 Å². The molecule has 1 saturated carbocycles. The number of carbonyl (C=O) groups excluding carboxylic acids is 1. The number of alkyl halides is 3. The van der Waals surface area contributed by atoms with Gasteiger partial charge in [0.25, 0.3) is 0 Å². The number of para-hydroxylation sites is 1. The van der Waals surface area contributed by atoms with Crippen molar-refractivity contribution in [2.24, 2.45) is 11.8 Å². The predicted molar refractivity (Wildman–Crippen MR) is 147 cm³/mol. The molecule has 0 aromatic heterocycles. The number of hydrogen-bond acceptors (Lipinski definition) is 4. The predicted octanol–water partition coefficient (Wildman–Crippen LogP) is 3.23. The Hall–Kier alpha value is -2.45. The number of nitrogens with one attached hydrogen (secondary N) is 1. The lowest BCUT2D eigenvalue weighted by molar-refractivity contribution is -0.153. The van der Waals surface area contributed by atoms with Crippen LogP contribution in [0.25, 0.3) is 0 Å². The fraction of sp³-hybridized carbons (Fsp3) is 0.594. The van der Waals surface area contributed by atoms with Gasteiger partial charge in [0.15, 0.2) is 18.1 Å². The zero-order valence-corrected chi connectivity index (χ0v) is 24.1. The van der Waals surface area contributed by atoms with E-state index in [1.165, 1.54) is 43.7 Å². The minimum atomic E-state index is -4.44. The lowest BCUT2D eigenvalue weighted by Gasteiger charge is -2.48. The quantitative estimate of drug-likeness (QED) is 0.580. The van der Waals surface area contributed by atoms with Crippen LogP contribution in [0.15, 0.2) is 48.5 Å². The van der Waals surface area contributed by atoms with Gasteiger partial charge in [-0.2, -0.15) is 13.2 Å². The van der Waals surface area contributed by atoms with Crippen molar-refractivity contribution in [1.82, 2.24) is 10.2 Å². The Kier molecular flexibility index (Phi) is 9.10. The maximum Gasteiger partial charge on any atom is 0.422 e. The van der Waals surface area contributed by atoms with Crippen molar-refractivity contribution < 1.29 is 39.8 Å². The molecule has 41 heavy (non-hydrogen) atoms. The first kappa shape index (κ1) is 30.0. The average Bonchev–Trinajstić information content (AvgIpc) is 3.40. The molecule has 224 valence electrons. The third kappa shape index (κ3) is 6.05. The van der Waals surface area contributed by atoms with Crippen molar-refractivity contribution in [3.63, 3.8) is 0 Å². The Bertz CT molecular complexity index is 1190. The first-order valence-corrected chi connectivity index (χ1v) is 14.9. The van der Waals surface area contributed by atoms with E-state index in [9.17, 15) is 18.0 Å². The van der Waals surface area contributed by atoms with Crippen molar-refractivity contribution >= 4 is 5.91 Å². The van der Waals surface area contributed by atoms with Crippen LogP contribution >= 0.6 is 0 Å². The largest absolute Gasteiger partial charge is 1.00 e. The molecule has 1 N–H and O–H groups in total. The minimum Gasteiger partial charge on any atom is -1.00 e. The second-order valence-electron chi connectivity index (χ2n) is 12.1. The first-order chi connectivity index (χ1) is 19.4. The second kappa shape index (κ2) is 12.4. The Morgan fingerprint density at radius 1 is 1.05 bits per heavy atom. The zero-order valence-electron chi connectivity index (χ0n) is 23.3. The number of benzene rings is 2. The Morgan fingerprint density at radius 3 is 2.59 bits per heavy atom. The third-order valence-electron chi connectivity index (χ3n) is 9.85. The van der Waals surface area contributed by atoms with Crippen LogP contribution in [0.4, 0.5) is 13.2 Å². The van der Waals surface area contributed by atoms with Gasteiger partial charge in [0, 0.05) is 36.7 Å². The van der Waals surface area contributed by atoms with Crippen molar-refractivity contribution in [3.8, 4) is 11.5 Å². The molecule has 2 aromatic rings. The third-order valence-corrected chi connectivity index (χ3v) is 9.85. The summed E-state index contributed by atoms with van der Waals surface area (Å²) in [5, 5.41) is 3.47. The molecule has 2 saturated heterocycles. The van der Waals surface area contributed by atoms with Gasteiger partial charge in [-0.25, -0.2) is 0 Å². The van der Waals surface area contributed by atoms with Crippen molar-refractivity contribution in [3.05, 3.63) is 59.7 Å². The number of amides is 1. The molecule has 6 rings (SSSR count). The van der Waals surface area contributed by atoms with Crippen LogP contribution in [0.3, 0.4) is 0 Å². The van der Waals surface area contributed by atoms with Crippen LogP contribution in [0.2, 0.25) is 0 Å². The molecule has 2 aromatic carbocycles. The lowest BCUT2D eigenvalue weighted by atomic mass is 9.67. The molecular formula is C32H39ClF3N2O3-. The highest BCUT2D eigenvalue weighted by Crippen LogP contribution is 2.51. The summed E-state index contributed by atoms with van der Waals surface area (Å²) >= 11 is 0. The Labute approximate surface area is 246 Å². The standard InChI is InChI=1S/C32H39F3N2O3.ClH/c33-32(34,35)21-40-28-13-7-12-25-29(28)39-17-15-31(25)20-36-19-26(31)30(38)37-16-14-24(22-8-3-1-4-9-22)18-27(37)23-10-5-2-6-11-23;/h1,3-4,7-9,12-13,23-24,26-27,36H,2,5-6,10-11,14-21H2;1H/p-1/t24-,26+,27+,31+;/m1./s1. The lowest BCUT2D eigenvalue weighted by Crippen LogP contribution is -3.00. The van der Waals surface area contributed by atoms with E-state index >= 15 is 0 Å². The number of halogens is 4. The Balaban J connectivity index is 0.00000337. The van der Waals surface area contributed by atoms with Gasteiger partial charge in [0.1, 0.15) is 0 Å². The van der Waals surface area contributed by atoms with E-state index < -0.39 is 18.2 Å². The number of piperidine rings is 1. The highest BCUT2D eigenvalue weighted by atomic mass is 35.5. The highest BCUT2D eigenvalue weighted by molar-refractivity contribution is 5.82. The van der Waals surface area contributed by atoms with Gasteiger partial charge in [-0.05, 0) is 55.6 Å². The molecule has 3 fully saturated rings. The molecule has 5 nitrogen and oxygen atoms in total. The smallest absolute Gasteiger partial charge is 0.422 e. The Morgan fingerprint density at radius 2 is 1.83 bits per heavy atom. The topological polar surface area (TPSA) is 50.8 Å². The van der Waals surface area contributed by atoms with E-state index in [2.05, 4.69) is 40.5 Å². The number of ether oxygens (including phenoxy) is 2. The van der Waals surface area contributed by atoms with Gasteiger partial charge in [-0.1, -0.05) is 61.7 Å². The summed E-state index contributed by atoms with van der Waals surface area (Å²) in [4.78, 5) is 16.8. The molecule has 1 aliphatic carbocycles. The van der Waals surface area contributed by atoms with Gasteiger partial charge in [-0.3, -0.25) is 4.79 Å². The van der Waals surface area contributed by atoms with Crippen molar-refractivity contribution in [1.29, 1.82) is 0 Å². The normalized spacial score (nSPS) is 28.5. The molecule has 1 spiro atoms. The molecule has 0 radical (unpaired) electrons. The summed E-state index contributed by atoms with van der Waals surface area (Å²) in [5.41, 5.74) is 1.62. The summed E-state index contributed by atoms with van der Waals surface area (Å²) < 4.78 is 49.9. The van der Waals surface area contributed by atoms with Gasteiger partial charge >= 0.3 is 6.18 Å². The number of nitrogens with zero attached hydrogens (tertiary/aromatic N) is 1. The number of fused-ring (bicyclic) bond motifs is 2. The monoisotopic (exact) mass is 591 g/mol. The van der Waals surface area contributed by atoms with E-state index in [1.54, 1.807) is 6.07 Å². The molecule has 3 heterocycles. The fourth-order valence-corrected chi connectivity index (χ4v) is 7.89. The second-order valence-corrected chi connectivity index (χ2v) is 12.1. The molecule has 1 amide bonds. The van der Waals surface area contributed by atoms with Crippen molar-refractivity contribution in [2.45, 2.75) is 74.9 Å². The van der Waals surface area contributed by atoms with Gasteiger partial charge < -0.3 is 32.1 Å². The fourth-order valence-electron chi connectivity index (χ4n) is 7.89. The number of likely N-dealkylation sites (tertiary alicyclic amines) is 1. The maximum atomic E-state index is 14.6. The molecular weight excluding hydrogens is 553 g/mol. The van der Waals surface area contributed by atoms with Crippen LogP contribution in [0.5, 0.6) is 11.5 Å².